The van der Waals surface area contributed by atoms with E-state index in [1.165, 1.54) is 12.8 Å². The van der Waals surface area contributed by atoms with E-state index in [1.54, 1.807) is 25.1 Å². The van der Waals surface area contributed by atoms with Gasteiger partial charge in [-0.1, -0.05) is 0 Å². The SMILES string of the molecule is CN(C)C(=O)c1cc(NI)nc(C2CC2)c1. The highest BCUT2D eigenvalue weighted by atomic mass is 127. The third-order valence-corrected chi connectivity index (χ3v) is 3.14. The molecule has 1 saturated carbocycles. The lowest BCUT2D eigenvalue weighted by atomic mass is 10.1. The fourth-order valence-electron chi connectivity index (χ4n) is 1.57. The van der Waals surface area contributed by atoms with Crippen molar-refractivity contribution in [2.24, 2.45) is 0 Å². The molecule has 0 spiro atoms. The van der Waals surface area contributed by atoms with Crippen molar-refractivity contribution in [3.63, 3.8) is 0 Å². The zero-order valence-electron chi connectivity index (χ0n) is 9.33. The minimum atomic E-state index is 0.0252. The Kier molecular flexibility index (Phi) is 3.32. The number of pyridine rings is 1. The molecule has 1 heterocycles. The van der Waals surface area contributed by atoms with Crippen LogP contribution in [0, 0.1) is 0 Å². The number of halogens is 1. The number of nitrogens with one attached hydrogen (secondary N) is 1. The molecule has 1 aromatic rings. The minimum absolute atomic E-state index is 0.0252. The number of hydrogen-bond donors (Lipinski definition) is 1. The van der Waals surface area contributed by atoms with E-state index >= 15 is 0 Å². The summed E-state index contributed by atoms with van der Waals surface area (Å²) in [5, 5.41) is 0. The van der Waals surface area contributed by atoms with Gasteiger partial charge < -0.3 is 8.43 Å². The fourth-order valence-corrected chi connectivity index (χ4v) is 1.85. The van der Waals surface area contributed by atoms with Gasteiger partial charge in [0.1, 0.15) is 5.82 Å². The first-order valence-corrected chi connectivity index (χ1v) is 6.30. The second-order valence-corrected chi connectivity index (χ2v) is 4.77. The molecule has 1 aromatic heterocycles. The van der Waals surface area contributed by atoms with Crippen LogP contribution >= 0.6 is 22.9 Å². The zero-order chi connectivity index (χ0) is 11.7. The summed E-state index contributed by atoms with van der Waals surface area (Å²) in [4.78, 5) is 17.9. The Morgan fingerprint density at radius 2 is 2.19 bits per heavy atom. The molecular weight excluding hydrogens is 317 g/mol. The lowest BCUT2D eigenvalue weighted by Gasteiger charge is -2.12. The van der Waals surface area contributed by atoms with Crippen LogP contribution in [0.3, 0.4) is 0 Å². The van der Waals surface area contributed by atoms with E-state index < -0.39 is 0 Å². The van der Waals surface area contributed by atoms with Crippen molar-refractivity contribution < 1.29 is 4.79 Å². The lowest BCUT2D eigenvalue weighted by molar-refractivity contribution is 0.0827. The van der Waals surface area contributed by atoms with Crippen LogP contribution in [0.2, 0.25) is 0 Å². The van der Waals surface area contributed by atoms with Crippen molar-refractivity contribution >= 4 is 34.6 Å². The second-order valence-electron chi connectivity index (χ2n) is 4.23. The number of aromatic nitrogens is 1. The van der Waals surface area contributed by atoms with Gasteiger partial charge >= 0.3 is 0 Å². The molecule has 0 aromatic carbocycles. The van der Waals surface area contributed by atoms with E-state index in [4.69, 9.17) is 0 Å². The predicted octanol–water partition coefficient (Wildman–Crippen LogP) is 2.42. The summed E-state index contributed by atoms with van der Waals surface area (Å²) < 4.78 is 2.97. The summed E-state index contributed by atoms with van der Waals surface area (Å²) in [6.07, 6.45) is 2.38. The van der Waals surface area contributed by atoms with E-state index in [-0.39, 0.29) is 5.91 Å². The van der Waals surface area contributed by atoms with Crippen molar-refractivity contribution in [3.8, 4) is 0 Å². The van der Waals surface area contributed by atoms with E-state index in [2.05, 4.69) is 8.51 Å². The van der Waals surface area contributed by atoms with Gasteiger partial charge in [-0.05, 0) is 25.0 Å². The average Bonchev–Trinajstić information content (AvgIpc) is 3.11. The van der Waals surface area contributed by atoms with Gasteiger partial charge in [0.15, 0.2) is 0 Å². The molecule has 2 rings (SSSR count). The molecule has 0 saturated heterocycles. The molecular formula is C11H14IN3O. The zero-order valence-corrected chi connectivity index (χ0v) is 11.5. The average molecular weight is 331 g/mol. The quantitative estimate of drug-likeness (QED) is 0.683. The minimum Gasteiger partial charge on any atom is -0.345 e. The summed E-state index contributed by atoms with van der Waals surface area (Å²) in [5.41, 5.74) is 1.74. The lowest BCUT2D eigenvalue weighted by Crippen LogP contribution is -2.22. The standard InChI is InChI=1S/C11H14IN3O/c1-15(2)11(16)8-5-9(7-3-4-7)13-10(6-8)14-12/h5-7H,3-4H2,1-2H3,(H,13,14). The number of nitrogens with zero attached hydrogens (tertiary/aromatic N) is 2. The van der Waals surface area contributed by atoms with Crippen molar-refractivity contribution in [2.75, 3.05) is 17.6 Å². The molecule has 1 fully saturated rings. The third-order valence-electron chi connectivity index (χ3n) is 2.59. The highest BCUT2D eigenvalue weighted by Gasteiger charge is 2.26. The largest absolute Gasteiger partial charge is 0.345 e. The molecule has 5 heteroatoms. The van der Waals surface area contributed by atoms with Crippen molar-refractivity contribution in [1.29, 1.82) is 0 Å². The maximum absolute atomic E-state index is 11.9. The summed E-state index contributed by atoms with van der Waals surface area (Å²) in [5.74, 6) is 1.34. The van der Waals surface area contributed by atoms with Gasteiger partial charge in [-0.15, -0.1) is 0 Å². The van der Waals surface area contributed by atoms with Crippen LogP contribution in [-0.4, -0.2) is 29.9 Å². The van der Waals surface area contributed by atoms with E-state index in [0.717, 1.165) is 11.5 Å². The highest BCUT2D eigenvalue weighted by molar-refractivity contribution is 14.1. The van der Waals surface area contributed by atoms with Gasteiger partial charge in [0.25, 0.3) is 5.91 Å². The second kappa shape index (κ2) is 4.57. The van der Waals surface area contributed by atoms with Gasteiger partial charge in [-0.2, -0.15) is 0 Å². The molecule has 4 nitrogen and oxygen atoms in total. The Balaban J connectivity index is 2.36. The number of rotatable bonds is 3. The van der Waals surface area contributed by atoms with E-state index in [1.807, 2.05) is 28.9 Å². The number of carbonyl (C=O) groups is 1. The topological polar surface area (TPSA) is 45.2 Å². The predicted molar refractivity (Wildman–Crippen MR) is 71.9 cm³/mol. The van der Waals surface area contributed by atoms with E-state index in [0.29, 0.717) is 11.5 Å². The smallest absolute Gasteiger partial charge is 0.253 e. The van der Waals surface area contributed by atoms with Crippen LogP contribution in [0.1, 0.15) is 34.8 Å². The summed E-state index contributed by atoms with van der Waals surface area (Å²) in [7, 11) is 3.52. The molecule has 1 aliphatic rings. The third kappa shape index (κ3) is 2.45. The Hall–Kier alpha value is -0.850. The molecule has 0 atom stereocenters. The van der Waals surface area contributed by atoms with Crippen LogP contribution in [0.25, 0.3) is 0 Å². The first-order valence-electron chi connectivity index (χ1n) is 5.22. The van der Waals surface area contributed by atoms with Crippen molar-refractivity contribution in [2.45, 2.75) is 18.8 Å². The summed E-state index contributed by atoms with van der Waals surface area (Å²) >= 11 is 2.03. The normalized spacial score (nSPS) is 14.7. The van der Waals surface area contributed by atoms with Crippen molar-refractivity contribution in [1.82, 2.24) is 9.88 Å². The van der Waals surface area contributed by atoms with Gasteiger partial charge in [-0.3, -0.25) is 4.79 Å². The maximum atomic E-state index is 11.9. The number of carbonyl (C=O) groups excluding carboxylic acids is 1. The first-order chi connectivity index (χ1) is 7.61. The van der Waals surface area contributed by atoms with Gasteiger partial charge in [0, 0.05) is 31.3 Å². The Morgan fingerprint density at radius 3 is 2.69 bits per heavy atom. The van der Waals surface area contributed by atoms with Gasteiger partial charge in [0.05, 0.1) is 22.9 Å². The molecule has 0 aliphatic heterocycles. The monoisotopic (exact) mass is 331 g/mol. The van der Waals surface area contributed by atoms with Crippen LogP contribution in [0.5, 0.6) is 0 Å². The molecule has 1 aliphatic carbocycles. The van der Waals surface area contributed by atoms with Crippen molar-refractivity contribution in [3.05, 3.63) is 23.4 Å². The van der Waals surface area contributed by atoms with Crippen LogP contribution in [0.4, 0.5) is 5.82 Å². The molecule has 0 bridgehead atoms. The molecule has 1 amide bonds. The van der Waals surface area contributed by atoms with E-state index in [9.17, 15) is 4.79 Å². The fraction of sp³-hybridized carbons (Fsp3) is 0.455. The number of anilines is 1. The molecule has 0 radical (unpaired) electrons. The molecule has 86 valence electrons. The molecule has 1 N–H and O–H groups in total. The highest BCUT2D eigenvalue weighted by Crippen LogP contribution is 2.39. The van der Waals surface area contributed by atoms with Gasteiger partial charge in [-0.25, -0.2) is 4.98 Å². The molecule has 16 heavy (non-hydrogen) atoms. The maximum Gasteiger partial charge on any atom is 0.253 e. The molecule has 0 unspecified atom stereocenters. The Bertz CT molecular complexity index is 416. The Labute approximate surface area is 109 Å². The number of amides is 1. The Morgan fingerprint density at radius 1 is 1.50 bits per heavy atom. The summed E-state index contributed by atoms with van der Waals surface area (Å²) in [6.45, 7) is 0. The van der Waals surface area contributed by atoms with Gasteiger partial charge in [0.2, 0.25) is 0 Å². The summed E-state index contributed by atoms with van der Waals surface area (Å²) in [6, 6.07) is 3.71. The number of hydrogen-bond acceptors (Lipinski definition) is 3. The van der Waals surface area contributed by atoms with Crippen LogP contribution in [0.15, 0.2) is 12.1 Å². The van der Waals surface area contributed by atoms with Crippen LogP contribution < -0.4 is 3.53 Å². The first kappa shape index (κ1) is 11.6. The van der Waals surface area contributed by atoms with Crippen LogP contribution in [-0.2, 0) is 0 Å².